The highest BCUT2D eigenvalue weighted by Gasteiger charge is 2.35. The first-order valence-corrected chi connectivity index (χ1v) is 8.41. The normalized spacial score (nSPS) is 16.9. The van der Waals surface area contributed by atoms with Crippen LogP contribution in [0.3, 0.4) is 0 Å². The summed E-state index contributed by atoms with van der Waals surface area (Å²) in [4.78, 5) is 22.5. The number of hydrogen-bond acceptors (Lipinski definition) is 6. The first-order valence-electron chi connectivity index (χ1n) is 8.03. The molecule has 0 bridgehead atoms. The van der Waals surface area contributed by atoms with Gasteiger partial charge in [0.1, 0.15) is 5.75 Å². The molecule has 1 aliphatic heterocycles. The minimum absolute atomic E-state index is 0.0140. The lowest BCUT2D eigenvalue weighted by Crippen LogP contribution is -2.24. The van der Waals surface area contributed by atoms with Crippen molar-refractivity contribution in [2.24, 2.45) is 0 Å². The summed E-state index contributed by atoms with van der Waals surface area (Å²) in [5, 5.41) is 4.47. The Morgan fingerprint density at radius 3 is 2.81 bits per heavy atom. The molecule has 0 radical (unpaired) electrons. The van der Waals surface area contributed by atoms with E-state index in [1.807, 2.05) is 0 Å². The Labute approximate surface area is 154 Å². The fraction of sp³-hybridized carbons (Fsp3) is 0.222. The average Bonchev–Trinajstić information content (AvgIpc) is 3.29. The molecule has 26 heavy (non-hydrogen) atoms. The summed E-state index contributed by atoms with van der Waals surface area (Å²) >= 11 is 6.17. The number of carbonyl (C=O) groups excluding carboxylic acids is 1. The Balaban J connectivity index is 1.55. The Morgan fingerprint density at radius 2 is 2.08 bits per heavy atom. The maximum absolute atomic E-state index is 12.5. The Kier molecular flexibility index (Phi) is 4.30. The molecule has 1 atom stereocenters. The highest BCUT2D eigenvalue weighted by Crippen LogP contribution is 2.35. The fourth-order valence-electron chi connectivity index (χ4n) is 2.96. The lowest BCUT2D eigenvalue weighted by molar-refractivity contribution is -0.117. The number of ether oxygens (including phenoxy) is 1. The summed E-state index contributed by atoms with van der Waals surface area (Å²) in [7, 11) is 1.55. The maximum Gasteiger partial charge on any atom is 0.232 e. The van der Waals surface area contributed by atoms with Crippen LogP contribution in [0.2, 0.25) is 5.02 Å². The van der Waals surface area contributed by atoms with E-state index < -0.39 is 0 Å². The number of amides is 1. The molecular formula is C18H15ClN4O3. The summed E-state index contributed by atoms with van der Waals surface area (Å²) in [5.41, 5.74) is 1.54. The molecule has 1 aliphatic rings. The van der Waals surface area contributed by atoms with E-state index in [4.69, 9.17) is 20.9 Å². The topological polar surface area (TPSA) is 81.3 Å². The second-order valence-corrected chi connectivity index (χ2v) is 6.32. The molecule has 0 spiro atoms. The molecular weight excluding hydrogens is 356 g/mol. The smallest absolute Gasteiger partial charge is 0.232 e. The third-order valence-corrected chi connectivity index (χ3v) is 4.60. The number of carbonyl (C=O) groups is 1. The van der Waals surface area contributed by atoms with Gasteiger partial charge in [-0.1, -0.05) is 16.8 Å². The Hall–Kier alpha value is -2.93. The highest BCUT2D eigenvalue weighted by atomic mass is 35.5. The standard InChI is InChI=1S/C18H15ClN4O3/c1-25-15-3-2-13(9-14(15)19)23-10-12(8-16(23)24)18-21-17(22-26-18)11-4-6-20-7-5-11/h2-7,9,12H,8,10H2,1H3. The molecule has 0 saturated carbocycles. The van der Waals surface area contributed by atoms with Crippen LogP contribution in [0, 0.1) is 0 Å². The number of aromatic nitrogens is 3. The van der Waals surface area contributed by atoms with Crippen LogP contribution in [0.4, 0.5) is 5.69 Å². The second-order valence-electron chi connectivity index (χ2n) is 5.92. The average molecular weight is 371 g/mol. The first-order chi connectivity index (χ1) is 12.7. The van der Waals surface area contributed by atoms with Gasteiger partial charge in [0.2, 0.25) is 17.6 Å². The van der Waals surface area contributed by atoms with Crippen molar-refractivity contribution in [1.82, 2.24) is 15.1 Å². The van der Waals surface area contributed by atoms with E-state index in [1.165, 1.54) is 0 Å². The number of halogens is 1. The fourth-order valence-corrected chi connectivity index (χ4v) is 3.22. The van der Waals surface area contributed by atoms with Crippen molar-refractivity contribution in [3.63, 3.8) is 0 Å². The SMILES string of the molecule is COc1ccc(N2CC(c3nc(-c4ccncc4)no3)CC2=O)cc1Cl. The molecule has 1 amide bonds. The van der Waals surface area contributed by atoms with Crippen molar-refractivity contribution in [3.8, 4) is 17.1 Å². The molecule has 1 saturated heterocycles. The van der Waals surface area contributed by atoms with Gasteiger partial charge < -0.3 is 14.2 Å². The number of benzene rings is 1. The number of nitrogens with zero attached hydrogens (tertiary/aromatic N) is 4. The van der Waals surface area contributed by atoms with Crippen LogP contribution >= 0.6 is 11.6 Å². The molecule has 7 nitrogen and oxygen atoms in total. The van der Waals surface area contributed by atoms with E-state index in [-0.39, 0.29) is 11.8 Å². The summed E-state index contributed by atoms with van der Waals surface area (Å²) in [6.45, 7) is 0.458. The molecule has 4 rings (SSSR count). The van der Waals surface area contributed by atoms with Crippen molar-refractivity contribution in [3.05, 3.63) is 53.6 Å². The van der Waals surface area contributed by atoms with Gasteiger partial charge >= 0.3 is 0 Å². The van der Waals surface area contributed by atoms with Crippen LogP contribution in [-0.4, -0.2) is 34.7 Å². The van der Waals surface area contributed by atoms with Gasteiger partial charge in [0.25, 0.3) is 0 Å². The zero-order chi connectivity index (χ0) is 18.1. The zero-order valence-electron chi connectivity index (χ0n) is 13.9. The number of hydrogen-bond donors (Lipinski definition) is 0. The summed E-state index contributed by atoms with van der Waals surface area (Å²) in [5.74, 6) is 1.33. The Morgan fingerprint density at radius 1 is 1.27 bits per heavy atom. The summed E-state index contributed by atoms with van der Waals surface area (Å²) in [6, 6.07) is 8.88. The summed E-state index contributed by atoms with van der Waals surface area (Å²) < 4.78 is 10.5. The van der Waals surface area contributed by atoms with Gasteiger partial charge in [-0.15, -0.1) is 0 Å². The minimum atomic E-state index is -0.161. The number of anilines is 1. The minimum Gasteiger partial charge on any atom is -0.495 e. The van der Waals surface area contributed by atoms with Crippen LogP contribution in [0.1, 0.15) is 18.2 Å². The molecule has 0 aliphatic carbocycles. The van der Waals surface area contributed by atoms with Crippen LogP contribution in [0.15, 0.2) is 47.2 Å². The molecule has 1 fully saturated rings. The Bertz CT molecular complexity index is 945. The van der Waals surface area contributed by atoms with Crippen LogP contribution in [0.5, 0.6) is 5.75 Å². The van der Waals surface area contributed by atoms with E-state index in [2.05, 4.69) is 15.1 Å². The van der Waals surface area contributed by atoms with Crippen molar-refractivity contribution in [2.75, 3.05) is 18.6 Å². The molecule has 1 aromatic carbocycles. The molecule has 3 aromatic rings. The number of rotatable bonds is 4. The third-order valence-electron chi connectivity index (χ3n) is 4.30. The lowest BCUT2D eigenvalue weighted by Gasteiger charge is -2.17. The van der Waals surface area contributed by atoms with Crippen LogP contribution < -0.4 is 9.64 Å². The predicted octanol–water partition coefficient (Wildman–Crippen LogP) is 3.31. The van der Waals surface area contributed by atoms with E-state index in [0.29, 0.717) is 35.5 Å². The van der Waals surface area contributed by atoms with Crippen LogP contribution in [-0.2, 0) is 4.79 Å². The second kappa shape index (κ2) is 6.76. The van der Waals surface area contributed by atoms with Gasteiger partial charge in [0, 0.05) is 36.6 Å². The number of pyridine rings is 1. The van der Waals surface area contributed by atoms with Crippen LogP contribution in [0.25, 0.3) is 11.4 Å². The van der Waals surface area contributed by atoms with E-state index in [1.54, 1.807) is 54.7 Å². The molecule has 0 N–H and O–H groups in total. The highest BCUT2D eigenvalue weighted by molar-refractivity contribution is 6.32. The van der Waals surface area contributed by atoms with Crippen molar-refractivity contribution in [2.45, 2.75) is 12.3 Å². The van der Waals surface area contributed by atoms with Crippen molar-refractivity contribution in [1.29, 1.82) is 0 Å². The predicted molar refractivity (Wildman–Crippen MR) is 95.2 cm³/mol. The monoisotopic (exact) mass is 370 g/mol. The first kappa shape index (κ1) is 16.5. The van der Waals surface area contributed by atoms with Crippen molar-refractivity contribution < 1.29 is 14.1 Å². The van der Waals surface area contributed by atoms with E-state index in [9.17, 15) is 4.79 Å². The van der Waals surface area contributed by atoms with Gasteiger partial charge in [0.05, 0.1) is 18.1 Å². The summed E-state index contributed by atoms with van der Waals surface area (Å²) in [6.07, 6.45) is 3.64. The van der Waals surface area contributed by atoms with Gasteiger partial charge in [-0.25, -0.2) is 0 Å². The number of methoxy groups -OCH3 is 1. The molecule has 2 aromatic heterocycles. The van der Waals surface area contributed by atoms with Gasteiger partial charge in [-0.05, 0) is 30.3 Å². The molecule has 3 heterocycles. The van der Waals surface area contributed by atoms with Gasteiger partial charge in [-0.3, -0.25) is 9.78 Å². The van der Waals surface area contributed by atoms with Crippen molar-refractivity contribution >= 4 is 23.2 Å². The zero-order valence-corrected chi connectivity index (χ0v) is 14.7. The van der Waals surface area contributed by atoms with E-state index >= 15 is 0 Å². The van der Waals surface area contributed by atoms with E-state index in [0.717, 1.165) is 11.3 Å². The molecule has 132 valence electrons. The van der Waals surface area contributed by atoms with Gasteiger partial charge in [-0.2, -0.15) is 4.98 Å². The lowest BCUT2D eigenvalue weighted by atomic mass is 10.1. The van der Waals surface area contributed by atoms with Gasteiger partial charge in [0.15, 0.2) is 0 Å². The quantitative estimate of drug-likeness (QED) is 0.700. The largest absolute Gasteiger partial charge is 0.495 e. The molecule has 8 heteroatoms. The molecule has 1 unspecified atom stereocenters. The third kappa shape index (κ3) is 3.01. The maximum atomic E-state index is 12.5.